The predicted molar refractivity (Wildman–Crippen MR) is 67.6 cm³/mol. The molecule has 3 atom stereocenters. The molecule has 3 unspecified atom stereocenters. The van der Waals surface area contributed by atoms with Gasteiger partial charge in [-0.1, -0.05) is 20.3 Å². The third kappa shape index (κ3) is 1.88. The van der Waals surface area contributed by atoms with E-state index in [-0.39, 0.29) is 11.3 Å². The van der Waals surface area contributed by atoms with Crippen LogP contribution in [0.1, 0.15) is 33.1 Å². The van der Waals surface area contributed by atoms with E-state index in [1.165, 1.54) is 12.8 Å². The molecule has 1 saturated carbocycles. The van der Waals surface area contributed by atoms with Crippen molar-refractivity contribution in [3.05, 3.63) is 0 Å². The van der Waals surface area contributed by atoms with Gasteiger partial charge in [0.15, 0.2) is 0 Å². The molecule has 1 amide bonds. The van der Waals surface area contributed by atoms with Gasteiger partial charge in [-0.3, -0.25) is 4.79 Å². The first kappa shape index (κ1) is 11.5. The predicted octanol–water partition coefficient (Wildman–Crippen LogP) is 1.49. The molecular formula is C14H24N2O. The Morgan fingerprint density at radius 1 is 1.24 bits per heavy atom. The first-order valence-corrected chi connectivity index (χ1v) is 7.07. The zero-order valence-corrected chi connectivity index (χ0v) is 11.0. The van der Waals surface area contributed by atoms with Crippen molar-refractivity contribution >= 4 is 5.91 Å². The van der Waals surface area contributed by atoms with E-state index < -0.39 is 0 Å². The third-order valence-electron chi connectivity index (χ3n) is 5.26. The van der Waals surface area contributed by atoms with E-state index in [2.05, 4.69) is 24.1 Å². The average Bonchev–Trinajstić information content (AvgIpc) is 2.88. The van der Waals surface area contributed by atoms with Crippen LogP contribution in [0.2, 0.25) is 0 Å². The van der Waals surface area contributed by atoms with Gasteiger partial charge in [0.25, 0.3) is 0 Å². The van der Waals surface area contributed by atoms with Crippen molar-refractivity contribution in [2.45, 2.75) is 33.1 Å². The van der Waals surface area contributed by atoms with Crippen LogP contribution in [0.25, 0.3) is 0 Å². The van der Waals surface area contributed by atoms with Gasteiger partial charge in [0, 0.05) is 32.1 Å². The number of hydrogen-bond acceptors (Lipinski definition) is 2. The van der Waals surface area contributed by atoms with Crippen LogP contribution in [0, 0.1) is 23.2 Å². The van der Waals surface area contributed by atoms with Crippen molar-refractivity contribution in [2.75, 3.05) is 26.2 Å². The van der Waals surface area contributed by atoms with E-state index in [9.17, 15) is 4.79 Å². The van der Waals surface area contributed by atoms with Gasteiger partial charge < -0.3 is 10.2 Å². The summed E-state index contributed by atoms with van der Waals surface area (Å²) in [4.78, 5) is 14.8. The number of nitrogens with zero attached hydrogens (tertiary/aromatic N) is 1. The Hall–Kier alpha value is -0.570. The molecule has 96 valence electrons. The maximum atomic E-state index is 12.6. The van der Waals surface area contributed by atoms with Gasteiger partial charge in [0.2, 0.25) is 5.91 Å². The second-order valence-electron chi connectivity index (χ2n) is 6.86. The maximum Gasteiger partial charge on any atom is 0.226 e. The monoisotopic (exact) mass is 236 g/mol. The molecule has 1 N–H and O–H groups in total. The van der Waals surface area contributed by atoms with Crippen LogP contribution in [-0.2, 0) is 4.79 Å². The highest BCUT2D eigenvalue weighted by Crippen LogP contribution is 2.44. The second-order valence-corrected chi connectivity index (χ2v) is 6.86. The Morgan fingerprint density at radius 2 is 1.88 bits per heavy atom. The minimum atomic E-state index is 0.229. The topological polar surface area (TPSA) is 32.3 Å². The minimum absolute atomic E-state index is 0.229. The molecule has 2 saturated heterocycles. The van der Waals surface area contributed by atoms with E-state index in [0.717, 1.165) is 44.4 Å². The van der Waals surface area contributed by atoms with Crippen LogP contribution >= 0.6 is 0 Å². The molecular weight excluding hydrogens is 212 g/mol. The van der Waals surface area contributed by atoms with Crippen LogP contribution in [0.15, 0.2) is 0 Å². The number of nitrogens with one attached hydrogen (secondary N) is 1. The lowest BCUT2D eigenvalue weighted by molar-refractivity contribution is -0.137. The SMILES string of the molecule is CC1(C)CCCC1C(=O)N1CC2CNCC2C1. The summed E-state index contributed by atoms with van der Waals surface area (Å²) in [6.45, 7) is 8.76. The quantitative estimate of drug-likeness (QED) is 0.748. The van der Waals surface area contributed by atoms with Crippen LogP contribution in [0.3, 0.4) is 0 Å². The summed E-state index contributed by atoms with van der Waals surface area (Å²) in [7, 11) is 0. The second kappa shape index (κ2) is 3.98. The molecule has 3 nitrogen and oxygen atoms in total. The molecule has 2 aliphatic heterocycles. The highest BCUT2D eigenvalue weighted by atomic mass is 16.2. The number of carbonyl (C=O) groups excluding carboxylic acids is 1. The van der Waals surface area contributed by atoms with Gasteiger partial charge in [0.05, 0.1) is 0 Å². The number of rotatable bonds is 1. The van der Waals surface area contributed by atoms with Crippen LogP contribution in [0.4, 0.5) is 0 Å². The highest BCUT2D eigenvalue weighted by Gasteiger charge is 2.45. The fourth-order valence-corrected chi connectivity index (χ4v) is 4.04. The molecule has 0 aromatic carbocycles. The minimum Gasteiger partial charge on any atom is -0.342 e. The van der Waals surface area contributed by atoms with Gasteiger partial charge in [-0.25, -0.2) is 0 Å². The molecule has 3 rings (SSSR count). The van der Waals surface area contributed by atoms with Gasteiger partial charge in [-0.15, -0.1) is 0 Å². The van der Waals surface area contributed by atoms with Gasteiger partial charge >= 0.3 is 0 Å². The summed E-state index contributed by atoms with van der Waals surface area (Å²) in [5.74, 6) is 2.18. The Balaban J connectivity index is 1.67. The molecule has 0 aromatic heterocycles. The largest absolute Gasteiger partial charge is 0.342 e. The number of carbonyl (C=O) groups is 1. The summed E-state index contributed by atoms with van der Waals surface area (Å²) in [5.41, 5.74) is 0.229. The Labute approximate surface area is 104 Å². The summed E-state index contributed by atoms with van der Waals surface area (Å²) in [6.07, 6.45) is 3.55. The van der Waals surface area contributed by atoms with E-state index in [4.69, 9.17) is 0 Å². The van der Waals surface area contributed by atoms with Gasteiger partial charge in [0.1, 0.15) is 0 Å². The van der Waals surface area contributed by atoms with E-state index >= 15 is 0 Å². The van der Waals surface area contributed by atoms with Crippen LogP contribution in [-0.4, -0.2) is 37.0 Å². The highest BCUT2D eigenvalue weighted by molar-refractivity contribution is 5.80. The number of fused-ring (bicyclic) bond motifs is 1. The van der Waals surface area contributed by atoms with Crippen molar-refractivity contribution in [3.8, 4) is 0 Å². The zero-order valence-electron chi connectivity index (χ0n) is 11.0. The molecule has 0 spiro atoms. The normalized spacial score (nSPS) is 39.6. The van der Waals surface area contributed by atoms with Crippen molar-refractivity contribution in [3.63, 3.8) is 0 Å². The first-order chi connectivity index (χ1) is 8.08. The third-order valence-corrected chi connectivity index (χ3v) is 5.26. The molecule has 0 aromatic rings. The lowest BCUT2D eigenvalue weighted by Crippen LogP contribution is -2.40. The van der Waals surface area contributed by atoms with E-state index in [0.29, 0.717) is 5.91 Å². The summed E-state index contributed by atoms with van der Waals surface area (Å²) < 4.78 is 0. The number of amides is 1. The molecule has 3 aliphatic rings. The fourth-order valence-electron chi connectivity index (χ4n) is 4.04. The van der Waals surface area contributed by atoms with Crippen molar-refractivity contribution in [2.24, 2.45) is 23.2 Å². The smallest absolute Gasteiger partial charge is 0.226 e. The summed E-state index contributed by atoms with van der Waals surface area (Å²) in [6, 6.07) is 0. The maximum absolute atomic E-state index is 12.6. The average molecular weight is 236 g/mol. The van der Waals surface area contributed by atoms with Crippen molar-refractivity contribution in [1.29, 1.82) is 0 Å². The molecule has 3 heteroatoms. The van der Waals surface area contributed by atoms with E-state index in [1.54, 1.807) is 0 Å². The first-order valence-electron chi connectivity index (χ1n) is 7.07. The van der Waals surface area contributed by atoms with E-state index in [1.807, 2.05) is 0 Å². The van der Waals surface area contributed by atoms with Crippen molar-refractivity contribution in [1.82, 2.24) is 10.2 Å². The molecule has 3 fully saturated rings. The Kier molecular flexibility index (Phi) is 2.69. The van der Waals surface area contributed by atoms with Crippen molar-refractivity contribution < 1.29 is 4.79 Å². The van der Waals surface area contributed by atoms with Crippen LogP contribution < -0.4 is 5.32 Å². The molecule has 0 radical (unpaired) electrons. The lowest BCUT2D eigenvalue weighted by Gasteiger charge is -2.30. The van der Waals surface area contributed by atoms with Crippen LogP contribution in [0.5, 0.6) is 0 Å². The standard InChI is InChI=1S/C14H24N2O/c1-14(2)5-3-4-12(14)13(17)16-8-10-6-15-7-11(10)9-16/h10-12,15H,3-9H2,1-2H3. The molecule has 17 heavy (non-hydrogen) atoms. The Morgan fingerprint density at radius 3 is 2.41 bits per heavy atom. The molecule has 0 bridgehead atoms. The zero-order chi connectivity index (χ0) is 12.0. The fraction of sp³-hybridized carbons (Fsp3) is 0.929. The Bertz CT molecular complexity index is 314. The summed E-state index contributed by atoms with van der Waals surface area (Å²) in [5, 5.41) is 3.43. The number of hydrogen-bond donors (Lipinski definition) is 1. The molecule has 1 aliphatic carbocycles. The number of likely N-dealkylation sites (tertiary alicyclic amines) is 1. The van der Waals surface area contributed by atoms with Gasteiger partial charge in [-0.05, 0) is 30.1 Å². The molecule has 2 heterocycles. The lowest BCUT2D eigenvalue weighted by atomic mass is 9.81. The summed E-state index contributed by atoms with van der Waals surface area (Å²) >= 11 is 0. The van der Waals surface area contributed by atoms with Gasteiger partial charge in [-0.2, -0.15) is 0 Å².